The molecule has 0 aromatic heterocycles. The van der Waals surface area contributed by atoms with Crippen LogP contribution in [0.2, 0.25) is 0 Å². The number of ether oxygens (including phenoxy) is 1. The molecule has 1 saturated heterocycles. The number of nitrogens with two attached hydrogens (primary N) is 1. The van der Waals surface area contributed by atoms with Gasteiger partial charge in [0.05, 0.1) is 13.2 Å². The first-order chi connectivity index (χ1) is 9.16. The van der Waals surface area contributed by atoms with E-state index in [2.05, 4.69) is 48.0 Å². The normalized spacial score (nSPS) is 17.5. The highest BCUT2D eigenvalue weighted by Crippen LogP contribution is 2.16. The zero-order valence-electron chi connectivity index (χ0n) is 12.2. The van der Waals surface area contributed by atoms with E-state index in [1.54, 1.807) is 0 Å². The van der Waals surface area contributed by atoms with E-state index in [-0.39, 0.29) is 24.0 Å². The third kappa shape index (κ3) is 4.94. The summed E-state index contributed by atoms with van der Waals surface area (Å²) < 4.78 is 5.31. The van der Waals surface area contributed by atoms with E-state index in [0.29, 0.717) is 11.9 Å². The van der Waals surface area contributed by atoms with Crippen LogP contribution in [-0.4, -0.2) is 43.7 Å². The summed E-state index contributed by atoms with van der Waals surface area (Å²) in [5.74, 6) is 1.03. The van der Waals surface area contributed by atoms with Crippen LogP contribution in [0.3, 0.4) is 0 Å². The standard InChI is InChI=1S/C15H23N3O.HI/c1-12-4-3-5-14(10-12)13(2)11-17-15(16)18-6-8-19-9-7-18;/h3-5,10,13H,6-9,11H2,1-2H3,(H2,16,17);1H. The number of morpholine rings is 1. The van der Waals surface area contributed by atoms with Crippen LogP contribution in [-0.2, 0) is 4.74 Å². The largest absolute Gasteiger partial charge is 0.378 e. The second-order valence-corrected chi connectivity index (χ2v) is 5.11. The molecule has 1 aromatic rings. The maximum Gasteiger partial charge on any atom is 0.191 e. The van der Waals surface area contributed by atoms with Crippen molar-refractivity contribution in [2.75, 3.05) is 32.8 Å². The molecule has 5 heteroatoms. The van der Waals surface area contributed by atoms with Crippen molar-refractivity contribution in [2.24, 2.45) is 10.7 Å². The zero-order valence-corrected chi connectivity index (χ0v) is 14.5. The van der Waals surface area contributed by atoms with Gasteiger partial charge < -0.3 is 15.4 Å². The minimum atomic E-state index is 0. The predicted molar refractivity (Wildman–Crippen MR) is 93.9 cm³/mol. The molecule has 0 radical (unpaired) electrons. The van der Waals surface area contributed by atoms with E-state index in [1.807, 2.05) is 0 Å². The number of nitrogens with zero attached hydrogens (tertiary/aromatic N) is 2. The SMILES string of the molecule is Cc1cccc(C(C)CN=C(N)N2CCOCC2)c1.I. The van der Waals surface area contributed by atoms with Gasteiger partial charge in [0, 0.05) is 25.6 Å². The molecule has 2 rings (SSSR count). The number of aryl methyl sites for hydroxylation is 1. The first-order valence-electron chi connectivity index (χ1n) is 6.86. The Balaban J connectivity index is 0.00000200. The number of rotatable bonds is 3. The average molecular weight is 389 g/mol. The van der Waals surface area contributed by atoms with Crippen molar-refractivity contribution in [2.45, 2.75) is 19.8 Å². The highest BCUT2D eigenvalue weighted by atomic mass is 127. The molecule has 0 amide bonds. The number of guanidine groups is 1. The monoisotopic (exact) mass is 389 g/mol. The van der Waals surface area contributed by atoms with Crippen LogP contribution in [0.1, 0.15) is 24.0 Å². The Labute approximate surface area is 138 Å². The molecule has 20 heavy (non-hydrogen) atoms. The summed E-state index contributed by atoms with van der Waals surface area (Å²) in [6, 6.07) is 8.57. The van der Waals surface area contributed by atoms with Crippen molar-refractivity contribution >= 4 is 29.9 Å². The van der Waals surface area contributed by atoms with Crippen molar-refractivity contribution in [1.82, 2.24) is 4.90 Å². The van der Waals surface area contributed by atoms with Gasteiger partial charge in [-0.3, -0.25) is 4.99 Å². The predicted octanol–water partition coefficient (Wildman–Crippen LogP) is 2.36. The van der Waals surface area contributed by atoms with Gasteiger partial charge in [-0.2, -0.15) is 0 Å². The van der Waals surface area contributed by atoms with Gasteiger partial charge in [0.25, 0.3) is 0 Å². The minimum Gasteiger partial charge on any atom is -0.378 e. The van der Waals surface area contributed by atoms with Gasteiger partial charge in [-0.15, -0.1) is 24.0 Å². The summed E-state index contributed by atoms with van der Waals surface area (Å²) in [7, 11) is 0. The summed E-state index contributed by atoms with van der Waals surface area (Å²) in [6.07, 6.45) is 0. The lowest BCUT2D eigenvalue weighted by atomic mass is 10.00. The van der Waals surface area contributed by atoms with Crippen molar-refractivity contribution in [1.29, 1.82) is 0 Å². The van der Waals surface area contributed by atoms with Crippen LogP contribution in [0.15, 0.2) is 29.3 Å². The number of hydrogen-bond acceptors (Lipinski definition) is 2. The summed E-state index contributed by atoms with van der Waals surface area (Å²) >= 11 is 0. The maximum atomic E-state index is 6.03. The van der Waals surface area contributed by atoms with Gasteiger partial charge in [0.1, 0.15) is 0 Å². The van der Waals surface area contributed by atoms with Crippen LogP contribution in [0, 0.1) is 6.92 Å². The third-order valence-electron chi connectivity index (χ3n) is 3.47. The van der Waals surface area contributed by atoms with Gasteiger partial charge in [0.15, 0.2) is 5.96 Å². The molecule has 1 heterocycles. The summed E-state index contributed by atoms with van der Waals surface area (Å²) in [5, 5.41) is 0. The molecule has 0 spiro atoms. The van der Waals surface area contributed by atoms with Gasteiger partial charge >= 0.3 is 0 Å². The summed E-state index contributed by atoms with van der Waals surface area (Å²) in [4.78, 5) is 6.61. The van der Waals surface area contributed by atoms with E-state index in [1.165, 1.54) is 11.1 Å². The minimum absolute atomic E-state index is 0. The summed E-state index contributed by atoms with van der Waals surface area (Å²) in [6.45, 7) is 8.19. The summed E-state index contributed by atoms with van der Waals surface area (Å²) in [5.41, 5.74) is 8.63. The maximum absolute atomic E-state index is 6.03. The van der Waals surface area contributed by atoms with Crippen molar-refractivity contribution in [3.63, 3.8) is 0 Å². The van der Waals surface area contributed by atoms with Crippen LogP contribution in [0.25, 0.3) is 0 Å². The number of aliphatic imine (C=N–C) groups is 1. The lowest BCUT2D eigenvalue weighted by Crippen LogP contribution is -2.45. The number of halogens is 1. The smallest absolute Gasteiger partial charge is 0.191 e. The average Bonchev–Trinajstić information content (AvgIpc) is 2.45. The second kappa shape index (κ2) is 8.46. The lowest BCUT2D eigenvalue weighted by molar-refractivity contribution is 0.0674. The van der Waals surface area contributed by atoms with Gasteiger partial charge in [-0.25, -0.2) is 0 Å². The topological polar surface area (TPSA) is 50.8 Å². The Bertz CT molecular complexity index is 444. The molecule has 1 fully saturated rings. The Morgan fingerprint density at radius 1 is 1.40 bits per heavy atom. The van der Waals surface area contributed by atoms with E-state index in [0.717, 1.165) is 32.8 Å². The van der Waals surface area contributed by atoms with Gasteiger partial charge in [-0.05, 0) is 12.5 Å². The molecule has 1 atom stereocenters. The molecule has 4 nitrogen and oxygen atoms in total. The van der Waals surface area contributed by atoms with Gasteiger partial charge in [-0.1, -0.05) is 36.8 Å². The first kappa shape index (κ1) is 17.2. The Morgan fingerprint density at radius 2 is 2.10 bits per heavy atom. The molecule has 0 saturated carbocycles. The molecule has 1 unspecified atom stereocenters. The molecule has 0 bridgehead atoms. The molecule has 1 aliphatic rings. The van der Waals surface area contributed by atoms with Gasteiger partial charge in [0.2, 0.25) is 0 Å². The Kier molecular flexibility index (Phi) is 7.29. The molecule has 2 N–H and O–H groups in total. The van der Waals surface area contributed by atoms with Crippen LogP contribution >= 0.6 is 24.0 Å². The van der Waals surface area contributed by atoms with Crippen LogP contribution in [0.4, 0.5) is 0 Å². The van der Waals surface area contributed by atoms with Crippen molar-refractivity contribution < 1.29 is 4.74 Å². The van der Waals surface area contributed by atoms with E-state index < -0.39 is 0 Å². The fourth-order valence-corrected chi connectivity index (χ4v) is 2.20. The Hall–Kier alpha value is -0.820. The van der Waals surface area contributed by atoms with Crippen molar-refractivity contribution in [3.05, 3.63) is 35.4 Å². The fraction of sp³-hybridized carbons (Fsp3) is 0.533. The molecular formula is C15H24IN3O. The molecular weight excluding hydrogens is 365 g/mol. The lowest BCUT2D eigenvalue weighted by Gasteiger charge is -2.27. The fourth-order valence-electron chi connectivity index (χ4n) is 2.20. The van der Waals surface area contributed by atoms with E-state index in [4.69, 9.17) is 10.5 Å². The van der Waals surface area contributed by atoms with E-state index in [9.17, 15) is 0 Å². The van der Waals surface area contributed by atoms with Crippen LogP contribution < -0.4 is 5.73 Å². The second-order valence-electron chi connectivity index (χ2n) is 5.11. The van der Waals surface area contributed by atoms with Crippen molar-refractivity contribution in [3.8, 4) is 0 Å². The molecule has 112 valence electrons. The molecule has 0 aliphatic carbocycles. The highest BCUT2D eigenvalue weighted by Gasteiger charge is 2.12. The van der Waals surface area contributed by atoms with Crippen LogP contribution in [0.5, 0.6) is 0 Å². The molecule has 1 aliphatic heterocycles. The molecule has 1 aromatic carbocycles. The third-order valence-corrected chi connectivity index (χ3v) is 3.47. The Morgan fingerprint density at radius 3 is 2.75 bits per heavy atom. The zero-order chi connectivity index (χ0) is 13.7. The number of hydrogen-bond donors (Lipinski definition) is 1. The highest BCUT2D eigenvalue weighted by molar-refractivity contribution is 14.0. The number of benzene rings is 1. The van der Waals surface area contributed by atoms with E-state index >= 15 is 0 Å². The quantitative estimate of drug-likeness (QED) is 0.491. The first-order valence-corrected chi connectivity index (χ1v) is 6.86.